The Morgan fingerprint density at radius 1 is 1.44 bits per heavy atom. The zero-order valence-corrected chi connectivity index (χ0v) is 10.2. The zero-order chi connectivity index (χ0) is 11.7. The van der Waals surface area contributed by atoms with Crippen molar-refractivity contribution < 1.29 is 4.74 Å². The fraction of sp³-hybridized carbons (Fsp3) is 0.545. The van der Waals surface area contributed by atoms with Crippen molar-refractivity contribution in [3.8, 4) is 0 Å². The molecule has 0 spiro atoms. The second-order valence-electron chi connectivity index (χ2n) is 4.21. The number of hydrogen-bond donors (Lipinski definition) is 1. The van der Waals surface area contributed by atoms with Gasteiger partial charge in [-0.3, -0.25) is 0 Å². The molecule has 0 aliphatic carbocycles. The lowest BCUT2D eigenvalue weighted by Gasteiger charge is -2.39. The molecule has 5 heteroatoms. The van der Waals surface area contributed by atoms with Crippen LogP contribution >= 0.6 is 11.6 Å². The third kappa shape index (κ3) is 2.08. The van der Waals surface area contributed by atoms with Crippen molar-refractivity contribution in [2.75, 3.05) is 23.8 Å². The molecule has 0 unspecified atom stereocenters. The number of hydrogen-bond acceptors (Lipinski definition) is 4. The molecule has 4 nitrogen and oxygen atoms in total. The van der Waals surface area contributed by atoms with Gasteiger partial charge in [-0.15, -0.1) is 0 Å². The summed E-state index contributed by atoms with van der Waals surface area (Å²) >= 11 is 5.86. The van der Waals surface area contributed by atoms with E-state index in [1.807, 2.05) is 6.07 Å². The van der Waals surface area contributed by atoms with Crippen LogP contribution in [-0.2, 0) is 4.74 Å². The molecule has 0 radical (unpaired) electrons. The first-order chi connectivity index (χ1) is 7.59. The molecule has 1 fully saturated rings. The van der Waals surface area contributed by atoms with Crippen molar-refractivity contribution in [2.24, 2.45) is 0 Å². The first kappa shape index (κ1) is 11.5. The van der Waals surface area contributed by atoms with Gasteiger partial charge in [-0.1, -0.05) is 11.6 Å². The van der Waals surface area contributed by atoms with Gasteiger partial charge in [0.25, 0.3) is 0 Å². The van der Waals surface area contributed by atoms with Crippen molar-refractivity contribution in [1.82, 2.24) is 4.98 Å². The predicted molar refractivity (Wildman–Crippen MR) is 65.9 cm³/mol. The Morgan fingerprint density at radius 2 is 2.06 bits per heavy atom. The third-order valence-electron chi connectivity index (χ3n) is 2.80. The number of morpholine rings is 1. The Bertz CT molecular complexity index is 375. The monoisotopic (exact) mass is 241 g/mol. The van der Waals surface area contributed by atoms with Gasteiger partial charge in [0.05, 0.1) is 36.0 Å². The van der Waals surface area contributed by atoms with Crippen LogP contribution in [0.4, 0.5) is 11.5 Å². The smallest absolute Gasteiger partial charge is 0.131 e. The van der Waals surface area contributed by atoms with Gasteiger partial charge in [0.2, 0.25) is 0 Å². The highest BCUT2D eigenvalue weighted by Crippen LogP contribution is 2.26. The van der Waals surface area contributed by atoms with Crippen molar-refractivity contribution in [1.29, 1.82) is 0 Å². The van der Waals surface area contributed by atoms with E-state index in [1.54, 1.807) is 6.20 Å². The summed E-state index contributed by atoms with van der Waals surface area (Å²) in [6, 6.07) is 2.43. The summed E-state index contributed by atoms with van der Waals surface area (Å²) in [5, 5.41) is 0.498. The molecule has 0 saturated carbocycles. The van der Waals surface area contributed by atoms with E-state index in [0.717, 1.165) is 5.82 Å². The van der Waals surface area contributed by atoms with Gasteiger partial charge in [0.15, 0.2) is 0 Å². The lowest BCUT2D eigenvalue weighted by atomic mass is 10.1. The normalized spacial score (nSPS) is 25.8. The van der Waals surface area contributed by atoms with Crippen LogP contribution in [0.3, 0.4) is 0 Å². The molecule has 2 atom stereocenters. The second-order valence-corrected chi connectivity index (χ2v) is 4.61. The number of pyridine rings is 1. The summed E-state index contributed by atoms with van der Waals surface area (Å²) in [6.45, 7) is 5.66. The number of ether oxygens (including phenoxy) is 1. The van der Waals surface area contributed by atoms with Gasteiger partial charge >= 0.3 is 0 Å². The Hall–Kier alpha value is -1.00. The maximum absolute atomic E-state index is 5.86. The van der Waals surface area contributed by atoms with E-state index in [9.17, 15) is 0 Å². The fourth-order valence-corrected chi connectivity index (χ4v) is 2.14. The van der Waals surface area contributed by atoms with Crippen LogP contribution in [-0.4, -0.2) is 30.3 Å². The molecule has 1 aliphatic heterocycles. The quantitative estimate of drug-likeness (QED) is 0.816. The van der Waals surface area contributed by atoms with Gasteiger partial charge < -0.3 is 15.4 Å². The van der Waals surface area contributed by atoms with E-state index in [0.29, 0.717) is 36.0 Å². The molecule has 2 heterocycles. The standard InChI is InChI=1S/C11H16ClN3O/c1-7-5-16-6-8(2)15(7)11-3-10(13)9(12)4-14-11/h3-4,7-8H,5-6H2,1-2H3,(H2,13,14)/t7-,8-/m1/s1. The highest BCUT2D eigenvalue weighted by Gasteiger charge is 2.26. The van der Waals surface area contributed by atoms with Crippen molar-refractivity contribution >= 4 is 23.1 Å². The van der Waals surface area contributed by atoms with Crippen LogP contribution in [0.15, 0.2) is 12.3 Å². The van der Waals surface area contributed by atoms with E-state index in [2.05, 4.69) is 23.7 Å². The van der Waals surface area contributed by atoms with Crippen molar-refractivity contribution in [2.45, 2.75) is 25.9 Å². The van der Waals surface area contributed by atoms with Crippen LogP contribution in [0.2, 0.25) is 5.02 Å². The molecule has 1 saturated heterocycles. The van der Waals surface area contributed by atoms with Crippen LogP contribution < -0.4 is 10.6 Å². The molecule has 0 aromatic carbocycles. The van der Waals surface area contributed by atoms with Crippen LogP contribution in [0.25, 0.3) is 0 Å². The van der Waals surface area contributed by atoms with Gasteiger partial charge in [0, 0.05) is 12.3 Å². The number of rotatable bonds is 1. The Morgan fingerprint density at radius 3 is 2.62 bits per heavy atom. The van der Waals surface area contributed by atoms with Crippen molar-refractivity contribution in [3.05, 3.63) is 17.3 Å². The first-order valence-corrected chi connectivity index (χ1v) is 5.74. The Kier molecular flexibility index (Phi) is 3.21. The van der Waals surface area contributed by atoms with Crippen LogP contribution in [0, 0.1) is 0 Å². The van der Waals surface area contributed by atoms with E-state index in [4.69, 9.17) is 22.1 Å². The average Bonchev–Trinajstić information content (AvgIpc) is 2.23. The number of aromatic nitrogens is 1. The summed E-state index contributed by atoms with van der Waals surface area (Å²) in [6.07, 6.45) is 1.60. The largest absolute Gasteiger partial charge is 0.397 e. The number of nitrogens with two attached hydrogens (primary N) is 1. The van der Waals surface area contributed by atoms with Crippen LogP contribution in [0.5, 0.6) is 0 Å². The van der Waals surface area contributed by atoms with Gasteiger partial charge in [-0.05, 0) is 13.8 Å². The number of anilines is 2. The Labute approximate surface area is 100 Å². The summed E-state index contributed by atoms with van der Waals surface area (Å²) in [5.74, 6) is 0.866. The summed E-state index contributed by atoms with van der Waals surface area (Å²) < 4.78 is 5.47. The van der Waals surface area contributed by atoms with E-state index in [-0.39, 0.29) is 0 Å². The SMILES string of the molecule is C[C@@H]1COC[C@@H](C)N1c1cc(N)c(Cl)cn1. The Balaban J connectivity index is 2.30. The summed E-state index contributed by atoms with van der Waals surface area (Å²) in [4.78, 5) is 6.54. The van der Waals surface area contributed by atoms with Crippen LogP contribution in [0.1, 0.15) is 13.8 Å². The third-order valence-corrected chi connectivity index (χ3v) is 3.12. The molecule has 1 aliphatic rings. The lowest BCUT2D eigenvalue weighted by molar-refractivity contribution is 0.0752. The number of nitrogen functional groups attached to an aromatic ring is 1. The van der Waals surface area contributed by atoms with Gasteiger partial charge in [-0.25, -0.2) is 4.98 Å². The summed E-state index contributed by atoms with van der Waals surface area (Å²) in [5.41, 5.74) is 6.36. The minimum Gasteiger partial charge on any atom is -0.397 e. The number of nitrogens with zero attached hydrogens (tertiary/aromatic N) is 2. The van der Waals surface area contributed by atoms with Gasteiger partial charge in [-0.2, -0.15) is 0 Å². The molecular weight excluding hydrogens is 226 g/mol. The molecule has 2 N–H and O–H groups in total. The molecule has 0 amide bonds. The molecule has 0 bridgehead atoms. The highest BCUT2D eigenvalue weighted by atomic mass is 35.5. The zero-order valence-electron chi connectivity index (χ0n) is 9.48. The van der Waals surface area contributed by atoms with Crippen molar-refractivity contribution in [3.63, 3.8) is 0 Å². The molecule has 1 aromatic rings. The molecule has 88 valence electrons. The topological polar surface area (TPSA) is 51.4 Å². The maximum atomic E-state index is 5.86. The van der Waals surface area contributed by atoms with E-state index >= 15 is 0 Å². The highest BCUT2D eigenvalue weighted by molar-refractivity contribution is 6.32. The minimum atomic E-state index is 0.303. The predicted octanol–water partition coefficient (Wildman–Crippen LogP) is 1.93. The van der Waals surface area contributed by atoms with Gasteiger partial charge in [0.1, 0.15) is 5.82 Å². The molecule has 16 heavy (non-hydrogen) atoms. The van der Waals surface area contributed by atoms with E-state index in [1.165, 1.54) is 0 Å². The van der Waals surface area contributed by atoms with E-state index < -0.39 is 0 Å². The first-order valence-electron chi connectivity index (χ1n) is 5.36. The average molecular weight is 242 g/mol. The molecular formula is C11H16ClN3O. The fourth-order valence-electron chi connectivity index (χ4n) is 2.04. The molecule has 2 rings (SSSR count). The minimum absolute atomic E-state index is 0.303. The number of halogens is 1. The second kappa shape index (κ2) is 4.47. The maximum Gasteiger partial charge on any atom is 0.131 e. The summed E-state index contributed by atoms with van der Waals surface area (Å²) in [7, 11) is 0. The molecule has 1 aromatic heterocycles. The lowest BCUT2D eigenvalue weighted by Crippen LogP contribution is -2.50.